The number of halogens is 1. The Hall–Kier alpha value is -4.14. The number of nitrogens with one attached hydrogen (secondary N) is 1. The summed E-state index contributed by atoms with van der Waals surface area (Å²) in [7, 11) is 0. The molecule has 0 unspecified atom stereocenters. The highest BCUT2D eigenvalue weighted by Crippen LogP contribution is 2.20. The van der Waals surface area contributed by atoms with Gasteiger partial charge >= 0.3 is 0 Å². The molecular weight excluding hydrogens is 558 g/mol. The molecule has 13 nitrogen and oxygen atoms in total. The van der Waals surface area contributed by atoms with Crippen LogP contribution in [0.2, 0.25) is 0 Å². The second-order valence-corrected chi connectivity index (χ2v) is 9.23. The number of carbonyl (C=O) groups excluding carboxylic acids is 1. The molecule has 0 bridgehead atoms. The van der Waals surface area contributed by atoms with Crippen LogP contribution >= 0.6 is 15.9 Å². The molecule has 3 N–H and O–H groups in total. The molecule has 5 rings (SSSR count). The third kappa shape index (κ3) is 6.04. The van der Waals surface area contributed by atoms with Gasteiger partial charge in [-0.15, -0.1) is 5.10 Å². The van der Waals surface area contributed by atoms with Crippen molar-refractivity contribution < 1.29 is 18.9 Å². The molecule has 2 aromatic carbocycles. The fourth-order valence-corrected chi connectivity index (χ4v) is 4.04. The first-order valence-corrected chi connectivity index (χ1v) is 12.5. The second-order valence-electron chi connectivity index (χ2n) is 8.31. The number of morpholine rings is 1. The topological polar surface area (TPSA) is 159 Å². The number of benzene rings is 2. The number of nitrogens with two attached hydrogens (primary N) is 1. The minimum Gasteiger partial charge on any atom is -0.488 e. The Balaban J connectivity index is 1.32. The molecule has 14 heteroatoms. The van der Waals surface area contributed by atoms with Gasteiger partial charge in [-0.1, -0.05) is 45.4 Å². The second kappa shape index (κ2) is 11.9. The molecule has 38 heavy (non-hydrogen) atoms. The average molecular weight is 582 g/mol. The Morgan fingerprint density at radius 2 is 1.95 bits per heavy atom. The summed E-state index contributed by atoms with van der Waals surface area (Å²) in [6.07, 6.45) is 1.51. The van der Waals surface area contributed by atoms with E-state index in [9.17, 15) is 4.79 Å². The quantitative estimate of drug-likeness (QED) is 0.221. The Labute approximate surface area is 225 Å². The van der Waals surface area contributed by atoms with Crippen molar-refractivity contribution in [3.05, 3.63) is 75.5 Å². The molecule has 1 aliphatic rings. The number of hydrazone groups is 1. The van der Waals surface area contributed by atoms with E-state index in [1.165, 1.54) is 10.9 Å². The van der Waals surface area contributed by atoms with Gasteiger partial charge in [0.25, 0.3) is 5.91 Å². The van der Waals surface area contributed by atoms with Crippen LogP contribution < -0.4 is 15.9 Å². The van der Waals surface area contributed by atoms with E-state index in [0.29, 0.717) is 56.5 Å². The number of nitrogen functional groups attached to an aromatic ring is 1. The van der Waals surface area contributed by atoms with Crippen LogP contribution in [-0.4, -0.2) is 68.6 Å². The van der Waals surface area contributed by atoms with Crippen LogP contribution in [0.25, 0.3) is 5.82 Å². The summed E-state index contributed by atoms with van der Waals surface area (Å²) in [6, 6.07) is 15.3. The molecule has 4 aromatic rings. The number of para-hydroxylation sites is 1. The third-order valence-corrected chi connectivity index (χ3v) is 6.25. The zero-order valence-corrected chi connectivity index (χ0v) is 21.7. The maximum absolute atomic E-state index is 13.3. The summed E-state index contributed by atoms with van der Waals surface area (Å²) < 4.78 is 18.3. The Morgan fingerprint density at radius 3 is 2.71 bits per heavy atom. The minimum absolute atomic E-state index is 0.0257. The number of anilines is 1. The van der Waals surface area contributed by atoms with Crippen LogP contribution in [0.3, 0.4) is 0 Å². The van der Waals surface area contributed by atoms with E-state index in [-0.39, 0.29) is 17.3 Å². The van der Waals surface area contributed by atoms with Gasteiger partial charge in [0.05, 0.1) is 19.4 Å². The van der Waals surface area contributed by atoms with Crippen LogP contribution in [0.1, 0.15) is 27.3 Å². The Morgan fingerprint density at radius 1 is 1.16 bits per heavy atom. The van der Waals surface area contributed by atoms with Crippen molar-refractivity contribution in [1.29, 1.82) is 0 Å². The highest BCUT2D eigenvalue weighted by molar-refractivity contribution is 9.10. The largest absolute Gasteiger partial charge is 0.488 e. The monoisotopic (exact) mass is 581 g/mol. The van der Waals surface area contributed by atoms with Gasteiger partial charge in [0.2, 0.25) is 11.6 Å². The van der Waals surface area contributed by atoms with E-state index >= 15 is 0 Å². The molecule has 1 fully saturated rings. The lowest BCUT2D eigenvalue weighted by atomic mass is 10.2. The number of hydrogen-bond acceptors (Lipinski definition) is 11. The number of rotatable bonds is 9. The smallest absolute Gasteiger partial charge is 0.292 e. The summed E-state index contributed by atoms with van der Waals surface area (Å²) in [5, 5.41) is 19.8. The SMILES string of the molecule is Nc1nonc1-n1nnc(CN2CCOCC2)c1C(=O)N/N=C/c1ccccc1OCc1ccc(Br)cc1. The van der Waals surface area contributed by atoms with Crippen molar-refractivity contribution in [2.75, 3.05) is 32.0 Å². The molecule has 1 aliphatic heterocycles. The van der Waals surface area contributed by atoms with Crippen LogP contribution in [0.15, 0.2) is 62.7 Å². The van der Waals surface area contributed by atoms with Gasteiger partial charge in [0, 0.05) is 29.7 Å². The Bertz CT molecular complexity index is 1410. The van der Waals surface area contributed by atoms with Crippen molar-refractivity contribution in [2.24, 2.45) is 5.10 Å². The zero-order valence-electron chi connectivity index (χ0n) is 20.2. The van der Waals surface area contributed by atoms with Gasteiger partial charge < -0.3 is 15.2 Å². The summed E-state index contributed by atoms with van der Waals surface area (Å²) in [6.45, 7) is 3.38. The van der Waals surface area contributed by atoms with E-state index in [4.69, 9.17) is 15.2 Å². The fraction of sp³-hybridized carbons (Fsp3) is 0.250. The standard InChI is InChI=1S/C24H24BrN9O4/c25-18-7-5-16(6-8-18)15-37-20-4-2-1-3-17(20)13-27-29-24(35)21-19(14-33-9-11-36-12-10-33)28-32-34(21)23-22(26)30-38-31-23/h1-8,13H,9-12,14-15H2,(H2,26,30)(H,29,35)/b27-13+. The van der Waals surface area contributed by atoms with Gasteiger partial charge in [0.1, 0.15) is 18.1 Å². The summed E-state index contributed by atoms with van der Waals surface area (Å²) in [5.41, 5.74) is 10.7. The first-order valence-electron chi connectivity index (χ1n) is 11.7. The highest BCUT2D eigenvalue weighted by Gasteiger charge is 2.26. The van der Waals surface area contributed by atoms with Crippen LogP contribution in [0.5, 0.6) is 5.75 Å². The van der Waals surface area contributed by atoms with Crippen LogP contribution in [0.4, 0.5) is 5.82 Å². The first-order chi connectivity index (χ1) is 18.6. The van der Waals surface area contributed by atoms with Gasteiger partial charge in [0.15, 0.2) is 5.69 Å². The summed E-state index contributed by atoms with van der Waals surface area (Å²) in [5.74, 6) is 0.105. The predicted octanol–water partition coefficient (Wildman–Crippen LogP) is 2.17. The molecular formula is C24H24BrN9O4. The molecule has 0 spiro atoms. The number of ether oxygens (including phenoxy) is 2. The average Bonchev–Trinajstić information content (AvgIpc) is 3.55. The molecule has 0 aliphatic carbocycles. The number of hydrogen-bond donors (Lipinski definition) is 2. The first kappa shape index (κ1) is 25.5. The van der Waals surface area contributed by atoms with Crippen LogP contribution in [0, 0.1) is 0 Å². The highest BCUT2D eigenvalue weighted by atomic mass is 79.9. The molecule has 0 atom stereocenters. The lowest BCUT2D eigenvalue weighted by Crippen LogP contribution is -2.36. The molecule has 1 amide bonds. The Kier molecular flexibility index (Phi) is 8.01. The number of carbonyl (C=O) groups is 1. The van der Waals surface area contributed by atoms with Gasteiger partial charge in [-0.25, -0.2) is 10.1 Å². The van der Waals surface area contributed by atoms with Crippen molar-refractivity contribution in [3.8, 4) is 11.6 Å². The molecule has 196 valence electrons. The van der Waals surface area contributed by atoms with Gasteiger partial charge in [-0.2, -0.15) is 9.78 Å². The molecule has 0 radical (unpaired) electrons. The zero-order chi connectivity index (χ0) is 26.3. The van der Waals surface area contributed by atoms with Crippen molar-refractivity contribution in [2.45, 2.75) is 13.2 Å². The van der Waals surface area contributed by atoms with Crippen molar-refractivity contribution in [1.82, 2.24) is 35.6 Å². The number of amides is 1. The molecule has 3 heterocycles. The van der Waals surface area contributed by atoms with E-state index in [2.05, 4.69) is 56.6 Å². The van der Waals surface area contributed by atoms with E-state index in [1.807, 2.05) is 48.5 Å². The van der Waals surface area contributed by atoms with Gasteiger partial charge in [-0.05, 0) is 40.1 Å². The predicted molar refractivity (Wildman–Crippen MR) is 140 cm³/mol. The summed E-state index contributed by atoms with van der Waals surface area (Å²) >= 11 is 3.43. The fourth-order valence-electron chi connectivity index (χ4n) is 3.78. The normalized spacial score (nSPS) is 14.1. The lowest BCUT2D eigenvalue weighted by Gasteiger charge is -2.25. The minimum atomic E-state index is -0.551. The van der Waals surface area contributed by atoms with E-state index in [1.54, 1.807) is 0 Å². The number of aromatic nitrogens is 5. The number of nitrogens with zero attached hydrogens (tertiary/aromatic N) is 7. The van der Waals surface area contributed by atoms with Crippen molar-refractivity contribution in [3.63, 3.8) is 0 Å². The van der Waals surface area contributed by atoms with Crippen LogP contribution in [-0.2, 0) is 17.9 Å². The summed E-state index contributed by atoms with van der Waals surface area (Å²) in [4.78, 5) is 15.4. The maximum atomic E-state index is 13.3. The van der Waals surface area contributed by atoms with E-state index in [0.717, 1.165) is 10.0 Å². The molecule has 2 aromatic heterocycles. The molecule has 1 saturated heterocycles. The lowest BCUT2D eigenvalue weighted by molar-refractivity contribution is 0.0335. The third-order valence-electron chi connectivity index (χ3n) is 5.72. The maximum Gasteiger partial charge on any atom is 0.292 e. The molecule has 0 saturated carbocycles. The van der Waals surface area contributed by atoms with Crippen molar-refractivity contribution >= 4 is 33.9 Å². The van der Waals surface area contributed by atoms with Gasteiger partial charge in [-0.3, -0.25) is 9.69 Å². The van der Waals surface area contributed by atoms with E-state index < -0.39 is 5.91 Å².